The van der Waals surface area contributed by atoms with E-state index in [-0.39, 0.29) is 11.7 Å². The van der Waals surface area contributed by atoms with Gasteiger partial charge in [-0.15, -0.1) is 10.2 Å². The number of aryl methyl sites for hydroxylation is 1. The molecule has 1 amide bonds. The first-order valence-corrected chi connectivity index (χ1v) is 14.1. The molecule has 0 atom stereocenters. The van der Waals surface area contributed by atoms with Gasteiger partial charge in [0.1, 0.15) is 5.82 Å². The van der Waals surface area contributed by atoms with Crippen molar-refractivity contribution in [1.29, 1.82) is 0 Å². The number of carbonyl (C=O) groups is 1. The lowest BCUT2D eigenvalue weighted by atomic mass is 10.2. The van der Waals surface area contributed by atoms with Crippen LogP contribution in [0.2, 0.25) is 0 Å². The number of halogens is 1. The first-order chi connectivity index (χ1) is 18.6. The smallest absolute Gasteiger partial charge is 0.222 e. The van der Waals surface area contributed by atoms with Gasteiger partial charge in [-0.1, -0.05) is 71.9 Å². The number of thioether (sulfide) groups is 1. The van der Waals surface area contributed by atoms with Gasteiger partial charge >= 0.3 is 0 Å². The fourth-order valence-electron chi connectivity index (χ4n) is 4.67. The molecule has 1 fully saturated rings. The van der Waals surface area contributed by atoms with Crippen molar-refractivity contribution in [2.24, 2.45) is 0 Å². The zero-order valence-corrected chi connectivity index (χ0v) is 22.4. The van der Waals surface area contributed by atoms with Crippen LogP contribution in [0.5, 0.6) is 0 Å². The van der Waals surface area contributed by atoms with Crippen molar-refractivity contribution < 1.29 is 9.18 Å². The third-order valence-corrected chi connectivity index (χ3v) is 7.81. The van der Waals surface area contributed by atoms with Gasteiger partial charge in [0, 0.05) is 49.6 Å². The Bertz CT molecular complexity index is 1350. The number of amides is 1. The van der Waals surface area contributed by atoms with Crippen LogP contribution in [0.4, 0.5) is 10.1 Å². The summed E-state index contributed by atoms with van der Waals surface area (Å²) < 4.78 is 16.2. The fourth-order valence-corrected chi connectivity index (χ4v) is 5.62. The molecule has 6 nitrogen and oxygen atoms in total. The Morgan fingerprint density at radius 2 is 1.58 bits per heavy atom. The van der Waals surface area contributed by atoms with E-state index in [1.54, 1.807) is 23.9 Å². The van der Waals surface area contributed by atoms with Crippen molar-refractivity contribution in [3.05, 3.63) is 90.2 Å². The van der Waals surface area contributed by atoms with Gasteiger partial charge in [-0.05, 0) is 44.0 Å². The van der Waals surface area contributed by atoms with Crippen molar-refractivity contribution in [2.45, 2.75) is 31.3 Å². The van der Waals surface area contributed by atoms with Gasteiger partial charge in [-0.25, -0.2) is 4.39 Å². The van der Waals surface area contributed by atoms with Crippen molar-refractivity contribution >= 4 is 23.4 Å². The van der Waals surface area contributed by atoms with Gasteiger partial charge in [-0.3, -0.25) is 9.36 Å². The third kappa shape index (κ3) is 6.07. The molecule has 38 heavy (non-hydrogen) atoms. The molecule has 5 rings (SSSR count). The summed E-state index contributed by atoms with van der Waals surface area (Å²) in [5.74, 6) is 1.64. The molecule has 1 aliphatic heterocycles. The largest absolute Gasteiger partial charge is 0.366 e. The molecule has 1 aromatic heterocycles. The molecular formula is C30H32FN5OS. The predicted molar refractivity (Wildman–Crippen MR) is 151 cm³/mol. The summed E-state index contributed by atoms with van der Waals surface area (Å²) in [5.41, 5.74) is 3.88. The highest BCUT2D eigenvalue weighted by Crippen LogP contribution is 2.29. The van der Waals surface area contributed by atoms with Crippen LogP contribution in [0.1, 0.15) is 24.8 Å². The number of anilines is 1. The Balaban J connectivity index is 1.13. The van der Waals surface area contributed by atoms with E-state index >= 15 is 0 Å². The highest BCUT2D eigenvalue weighted by atomic mass is 32.2. The van der Waals surface area contributed by atoms with Crippen LogP contribution < -0.4 is 4.90 Å². The number of aromatic nitrogens is 3. The SMILES string of the molecule is Cc1ccc(-n2c(SCCCCC(=O)N3CCN(c4ccccc4F)CC3)nnc2-c2ccccc2)cc1. The first-order valence-electron chi connectivity index (χ1n) is 13.1. The quantitative estimate of drug-likeness (QED) is 0.197. The Hall–Kier alpha value is -3.65. The molecular weight excluding hydrogens is 497 g/mol. The number of rotatable bonds is 9. The summed E-state index contributed by atoms with van der Waals surface area (Å²) in [6.07, 6.45) is 2.26. The lowest BCUT2D eigenvalue weighted by molar-refractivity contribution is -0.131. The second kappa shape index (κ2) is 12.3. The minimum atomic E-state index is -0.209. The van der Waals surface area contributed by atoms with Gasteiger partial charge in [0.05, 0.1) is 5.69 Å². The van der Waals surface area contributed by atoms with E-state index in [1.165, 1.54) is 11.6 Å². The van der Waals surface area contributed by atoms with Crippen LogP contribution in [0.3, 0.4) is 0 Å². The van der Waals surface area contributed by atoms with E-state index < -0.39 is 0 Å². The van der Waals surface area contributed by atoms with Crippen LogP contribution in [-0.2, 0) is 4.79 Å². The van der Waals surface area contributed by atoms with Crippen LogP contribution in [0.25, 0.3) is 17.1 Å². The van der Waals surface area contributed by atoms with Gasteiger partial charge in [-0.2, -0.15) is 0 Å². The van der Waals surface area contributed by atoms with E-state index in [0.29, 0.717) is 38.3 Å². The van der Waals surface area contributed by atoms with E-state index in [4.69, 9.17) is 0 Å². The molecule has 8 heteroatoms. The molecule has 4 aromatic rings. The van der Waals surface area contributed by atoms with E-state index in [0.717, 1.165) is 40.8 Å². The van der Waals surface area contributed by atoms with Crippen molar-refractivity contribution in [3.8, 4) is 17.1 Å². The average Bonchev–Trinajstić information content (AvgIpc) is 3.38. The minimum absolute atomic E-state index is 0.178. The lowest BCUT2D eigenvalue weighted by Gasteiger charge is -2.36. The molecule has 196 valence electrons. The predicted octanol–water partition coefficient (Wildman–Crippen LogP) is 5.99. The highest BCUT2D eigenvalue weighted by Gasteiger charge is 2.22. The van der Waals surface area contributed by atoms with Crippen molar-refractivity contribution in [3.63, 3.8) is 0 Å². The standard InChI is InChI=1S/C30H32FN5OS/c1-23-14-16-25(17-15-23)36-29(24-9-3-2-4-10-24)32-33-30(36)38-22-8-7-13-28(37)35-20-18-34(19-21-35)27-12-6-5-11-26(27)31/h2-6,9-12,14-17H,7-8,13,18-22H2,1H3. The average molecular weight is 530 g/mol. The monoisotopic (exact) mass is 529 g/mol. The maximum absolute atomic E-state index is 14.1. The topological polar surface area (TPSA) is 54.3 Å². The molecule has 0 N–H and O–H groups in total. The number of piperazine rings is 1. The zero-order chi connectivity index (χ0) is 26.3. The summed E-state index contributed by atoms with van der Waals surface area (Å²) in [5, 5.41) is 9.87. The number of benzene rings is 3. The van der Waals surface area contributed by atoms with Gasteiger partial charge < -0.3 is 9.80 Å². The summed E-state index contributed by atoms with van der Waals surface area (Å²) in [4.78, 5) is 16.7. The van der Waals surface area contributed by atoms with E-state index in [9.17, 15) is 9.18 Å². The maximum Gasteiger partial charge on any atom is 0.222 e. The lowest BCUT2D eigenvalue weighted by Crippen LogP contribution is -2.49. The van der Waals surface area contributed by atoms with Crippen LogP contribution in [-0.4, -0.2) is 57.5 Å². The molecule has 0 bridgehead atoms. The van der Waals surface area contributed by atoms with Gasteiger partial charge in [0.2, 0.25) is 5.91 Å². The number of carbonyl (C=O) groups excluding carboxylic acids is 1. The third-order valence-electron chi connectivity index (χ3n) is 6.80. The Morgan fingerprint density at radius 3 is 2.32 bits per heavy atom. The maximum atomic E-state index is 14.1. The number of para-hydroxylation sites is 1. The van der Waals surface area contributed by atoms with E-state index in [2.05, 4.69) is 46.0 Å². The molecule has 1 saturated heterocycles. The number of nitrogens with zero attached hydrogens (tertiary/aromatic N) is 5. The Morgan fingerprint density at radius 1 is 0.868 bits per heavy atom. The minimum Gasteiger partial charge on any atom is -0.366 e. The molecule has 0 spiro atoms. The van der Waals surface area contributed by atoms with Crippen LogP contribution in [0.15, 0.2) is 84.0 Å². The Labute approximate surface area is 227 Å². The number of unbranched alkanes of at least 4 members (excludes halogenated alkanes) is 1. The van der Waals surface area contributed by atoms with Crippen molar-refractivity contribution in [2.75, 3.05) is 36.8 Å². The molecule has 3 aromatic carbocycles. The number of hydrogen-bond acceptors (Lipinski definition) is 5. The Kier molecular flexibility index (Phi) is 8.38. The van der Waals surface area contributed by atoms with Gasteiger partial charge in [0.15, 0.2) is 11.0 Å². The van der Waals surface area contributed by atoms with Crippen molar-refractivity contribution in [1.82, 2.24) is 19.7 Å². The van der Waals surface area contributed by atoms with Crippen LogP contribution >= 0.6 is 11.8 Å². The summed E-state index contributed by atoms with van der Waals surface area (Å²) in [6.45, 7) is 4.64. The molecule has 2 heterocycles. The first kappa shape index (κ1) is 26.0. The van der Waals surface area contributed by atoms with Gasteiger partial charge in [0.25, 0.3) is 0 Å². The highest BCUT2D eigenvalue weighted by molar-refractivity contribution is 7.99. The van der Waals surface area contributed by atoms with Crippen LogP contribution in [0, 0.1) is 12.7 Å². The fraction of sp³-hybridized carbons (Fsp3) is 0.300. The zero-order valence-electron chi connectivity index (χ0n) is 21.6. The summed E-state index contributed by atoms with van der Waals surface area (Å²) >= 11 is 1.67. The normalized spacial score (nSPS) is 13.6. The molecule has 0 saturated carbocycles. The second-order valence-corrected chi connectivity index (χ2v) is 10.5. The molecule has 0 radical (unpaired) electrons. The molecule has 0 unspecified atom stereocenters. The number of hydrogen-bond donors (Lipinski definition) is 0. The molecule has 1 aliphatic rings. The van der Waals surface area contributed by atoms with E-state index in [1.807, 2.05) is 46.2 Å². The second-order valence-electron chi connectivity index (χ2n) is 9.47. The molecule has 0 aliphatic carbocycles. The summed E-state index contributed by atoms with van der Waals surface area (Å²) in [6, 6.07) is 25.3. The summed E-state index contributed by atoms with van der Waals surface area (Å²) in [7, 11) is 0.